The SMILES string of the molecule is C/C=C/CC/C=C/CC/C=C/C(O)C(COC1OC(CO)C(OC2OC(CO)C(O)C(O)C2O)C(O)C1O)NC(=O)CCCC/C=C\C/C=C\C/C=C\C/C=C\C/C=C\C/C=C\C/C=C\C/C=C\C/C=C\C/C=C\CC. The number of hydrogen-bond acceptors (Lipinski definition) is 13. The van der Waals surface area contributed by atoms with Gasteiger partial charge in [0, 0.05) is 6.42 Å². The second kappa shape index (κ2) is 45.6. The quantitative estimate of drug-likeness (QED) is 0.0207. The minimum Gasteiger partial charge on any atom is -0.394 e. The van der Waals surface area contributed by atoms with Crippen molar-refractivity contribution in [3.8, 4) is 0 Å². The van der Waals surface area contributed by atoms with Crippen molar-refractivity contribution in [2.24, 2.45) is 0 Å². The molecule has 0 radical (unpaired) electrons. The lowest BCUT2D eigenvalue weighted by molar-refractivity contribution is -0.359. The van der Waals surface area contributed by atoms with Crippen molar-refractivity contribution >= 4 is 5.91 Å². The van der Waals surface area contributed by atoms with Crippen LogP contribution < -0.4 is 5.32 Å². The van der Waals surface area contributed by atoms with Gasteiger partial charge >= 0.3 is 0 Å². The number of unbranched alkanes of at least 4 members (excludes halogenated alkanes) is 4. The van der Waals surface area contributed by atoms with Gasteiger partial charge in [-0.05, 0) is 116 Å². The predicted octanol–water partition coefficient (Wildman–Crippen LogP) is 8.77. The number of aliphatic hydroxyl groups excluding tert-OH is 8. The molecule has 9 N–H and O–H groups in total. The zero-order valence-electron chi connectivity index (χ0n) is 45.4. The van der Waals surface area contributed by atoms with Crippen molar-refractivity contribution in [3.05, 3.63) is 158 Å². The van der Waals surface area contributed by atoms with Gasteiger partial charge in [-0.15, -0.1) is 0 Å². The van der Waals surface area contributed by atoms with E-state index in [0.29, 0.717) is 12.8 Å². The van der Waals surface area contributed by atoms with E-state index < -0.39 is 86.8 Å². The molecule has 0 spiro atoms. The number of carbonyl (C=O) groups excluding carboxylic acids is 1. The summed E-state index contributed by atoms with van der Waals surface area (Å²) in [6.45, 7) is 2.33. The molecule has 76 heavy (non-hydrogen) atoms. The maximum absolute atomic E-state index is 13.2. The molecule has 1 amide bonds. The van der Waals surface area contributed by atoms with Crippen molar-refractivity contribution in [2.45, 2.75) is 203 Å². The topological polar surface area (TPSA) is 228 Å². The summed E-state index contributed by atoms with van der Waals surface area (Å²) in [5.74, 6) is -0.308. The molecule has 0 aromatic heterocycles. The molecule has 2 aliphatic heterocycles. The van der Waals surface area contributed by atoms with Gasteiger partial charge in [-0.3, -0.25) is 4.79 Å². The summed E-state index contributed by atoms with van der Waals surface area (Å²) in [6.07, 6.45) is 53.3. The van der Waals surface area contributed by atoms with Crippen LogP contribution in [0.4, 0.5) is 0 Å². The molecular weight excluding hydrogens is 967 g/mol. The summed E-state index contributed by atoms with van der Waals surface area (Å²) < 4.78 is 22.6. The van der Waals surface area contributed by atoms with Crippen LogP contribution in [0, 0.1) is 0 Å². The van der Waals surface area contributed by atoms with E-state index in [1.807, 2.05) is 19.1 Å². The molecule has 0 aromatic carbocycles. The number of hydrogen-bond donors (Lipinski definition) is 9. The summed E-state index contributed by atoms with van der Waals surface area (Å²) in [5.41, 5.74) is 0. The molecule has 12 unspecified atom stereocenters. The molecule has 14 heteroatoms. The molecule has 2 heterocycles. The molecule has 426 valence electrons. The van der Waals surface area contributed by atoms with Crippen molar-refractivity contribution in [1.29, 1.82) is 0 Å². The molecule has 14 nitrogen and oxygen atoms in total. The van der Waals surface area contributed by atoms with Gasteiger partial charge in [-0.2, -0.15) is 0 Å². The predicted molar refractivity (Wildman–Crippen MR) is 304 cm³/mol. The molecule has 0 bridgehead atoms. The molecule has 0 aliphatic carbocycles. The van der Waals surface area contributed by atoms with Gasteiger partial charge in [0.2, 0.25) is 5.91 Å². The molecule has 2 aliphatic rings. The van der Waals surface area contributed by atoms with E-state index in [-0.39, 0.29) is 18.9 Å². The third kappa shape index (κ3) is 31.1. The Balaban J connectivity index is 1.72. The summed E-state index contributed by atoms with van der Waals surface area (Å²) in [4.78, 5) is 13.2. The van der Waals surface area contributed by atoms with Gasteiger partial charge in [0.25, 0.3) is 0 Å². The average molecular weight is 1060 g/mol. The highest BCUT2D eigenvalue weighted by molar-refractivity contribution is 5.76. The van der Waals surface area contributed by atoms with Crippen LogP contribution in [0.25, 0.3) is 0 Å². The Morgan fingerprint density at radius 1 is 0.500 bits per heavy atom. The van der Waals surface area contributed by atoms with E-state index in [4.69, 9.17) is 18.9 Å². The Hall–Kier alpha value is -4.39. The van der Waals surface area contributed by atoms with Crippen LogP contribution in [0.1, 0.15) is 129 Å². The first-order valence-corrected chi connectivity index (χ1v) is 27.7. The molecule has 2 fully saturated rings. The second-order valence-corrected chi connectivity index (χ2v) is 18.6. The first kappa shape index (κ1) is 67.7. The van der Waals surface area contributed by atoms with E-state index >= 15 is 0 Å². The van der Waals surface area contributed by atoms with Crippen LogP contribution in [-0.4, -0.2) is 140 Å². The van der Waals surface area contributed by atoms with Gasteiger partial charge in [0.1, 0.15) is 48.8 Å². The molecule has 2 rings (SSSR count). The number of carbonyl (C=O) groups is 1. The van der Waals surface area contributed by atoms with E-state index in [2.05, 4.69) is 152 Å². The average Bonchev–Trinajstić information content (AvgIpc) is 3.42. The summed E-state index contributed by atoms with van der Waals surface area (Å²) in [5, 5.41) is 86.6. The highest BCUT2D eigenvalue weighted by atomic mass is 16.7. The fraction of sp³-hybridized carbons (Fsp3) is 0.565. The lowest BCUT2D eigenvalue weighted by Crippen LogP contribution is -2.65. The van der Waals surface area contributed by atoms with Crippen molar-refractivity contribution in [3.63, 3.8) is 0 Å². The number of ether oxygens (including phenoxy) is 4. The molecule has 2 saturated heterocycles. The van der Waals surface area contributed by atoms with E-state index in [9.17, 15) is 45.6 Å². The van der Waals surface area contributed by atoms with E-state index in [1.165, 1.54) is 0 Å². The van der Waals surface area contributed by atoms with Gasteiger partial charge in [-0.25, -0.2) is 0 Å². The minimum atomic E-state index is -1.80. The number of amides is 1. The number of nitrogens with one attached hydrogen (secondary N) is 1. The van der Waals surface area contributed by atoms with Crippen LogP contribution in [0.2, 0.25) is 0 Å². The zero-order chi connectivity index (χ0) is 55.3. The Labute approximate surface area is 455 Å². The van der Waals surface area contributed by atoms with Crippen LogP contribution in [0.3, 0.4) is 0 Å². The highest BCUT2D eigenvalue weighted by Crippen LogP contribution is 2.30. The van der Waals surface area contributed by atoms with Crippen LogP contribution in [0.5, 0.6) is 0 Å². The van der Waals surface area contributed by atoms with Crippen LogP contribution in [0.15, 0.2) is 158 Å². The number of rotatable bonds is 40. The maximum atomic E-state index is 13.2. The third-order valence-electron chi connectivity index (χ3n) is 12.3. The van der Waals surface area contributed by atoms with Crippen molar-refractivity contribution < 1.29 is 64.6 Å². The summed E-state index contributed by atoms with van der Waals surface area (Å²) >= 11 is 0. The lowest BCUT2D eigenvalue weighted by atomic mass is 9.97. The minimum absolute atomic E-state index is 0.202. The van der Waals surface area contributed by atoms with Crippen molar-refractivity contribution in [2.75, 3.05) is 19.8 Å². The van der Waals surface area contributed by atoms with Crippen LogP contribution in [-0.2, 0) is 23.7 Å². The Morgan fingerprint density at radius 2 is 0.921 bits per heavy atom. The number of allylic oxidation sites excluding steroid dienone is 25. The molecular formula is C62H95NO13. The summed E-state index contributed by atoms with van der Waals surface area (Å²) in [7, 11) is 0. The molecule has 0 aromatic rings. The van der Waals surface area contributed by atoms with Gasteiger partial charge < -0.3 is 65.1 Å². The van der Waals surface area contributed by atoms with Gasteiger partial charge in [0.05, 0.1) is 32.0 Å². The monoisotopic (exact) mass is 1060 g/mol. The first-order valence-electron chi connectivity index (χ1n) is 27.7. The maximum Gasteiger partial charge on any atom is 0.220 e. The lowest BCUT2D eigenvalue weighted by Gasteiger charge is -2.46. The molecule has 12 atom stereocenters. The Morgan fingerprint density at radius 3 is 1.39 bits per heavy atom. The van der Waals surface area contributed by atoms with Gasteiger partial charge in [0.15, 0.2) is 12.6 Å². The van der Waals surface area contributed by atoms with E-state index in [0.717, 1.165) is 96.3 Å². The molecule has 0 saturated carbocycles. The standard InChI is InChI=1S/C62H95NO13/c1-3-5-7-9-11-13-14-15-16-17-18-19-20-21-22-23-24-25-26-27-28-29-30-31-32-33-34-35-36-38-40-42-44-46-54(67)63-50(51(66)45-43-41-39-37-12-10-8-6-4-2)49-73-61-59(72)57(70)60(53(48-65)75-61)76-62-58(71)56(69)55(68)52(47-64)74-62/h4-7,11-13,15-16,18-19,21-22,24-25,27-28,30-31,33-34,36-38,43,45,50-53,55-62,64-66,68-72H,3,8-10,14,17,20,23,26,29,32,35,39-42,44,46-49H2,1-2H3,(H,63,67)/b6-4+,7-5-,13-11-,16-15-,19-18-,22-21-,25-24-,28-27-,31-30-,34-33-,37-12+,38-36-,45-43+. The first-order chi connectivity index (χ1) is 37.1. The van der Waals surface area contributed by atoms with E-state index in [1.54, 1.807) is 6.08 Å². The Bertz CT molecular complexity index is 1870. The Kier molecular flexibility index (Phi) is 40.6. The van der Waals surface area contributed by atoms with Crippen LogP contribution >= 0.6 is 0 Å². The zero-order valence-corrected chi connectivity index (χ0v) is 45.4. The number of aliphatic hydroxyl groups is 8. The van der Waals surface area contributed by atoms with Crippen molar-refractivity contribution in [1.82, 2.24) is 5.32 Å². The largest absolute Gasteiger partial charge is 0.394 e. The summed E-state index contributed by atoms with van der Waals surface area (Å²) in [6, 6.07) is -0.972. The van der Waals surface area contributed by atoms with Gasteiger partial charge in [-0.1, -0.05) is 165 Å². The second-order valence-electron chi connectivity index (χ2n) is 18.6. The highest BCUT2D eigenvalue weighted by Gasteiger charge is 2.51. The fourth-order valence-corrected chi connectivity index (χ4v) is 7.82. The smallest absolute Gasteiger partial charge is 0.220 e. The normalized spacial score (nSPS) is 26.1. The fourth-order valence-electron chi connectivity index (χ4n) is 7.82. The third-order valence-corrected chi connectivity index (χ3v) is 12.3.